The molecule has 0 saturated carbocycles. The van der Waals surface area contributed by atoms with E-state index in [1.54, 1.807) is 12.1 Å². The fourth-order valence-electron chi connectivity index (χ4n) is 1.69. The molecule has 1 aromatic heterocycles. The van der Waals surface area contributed by atoms with Crippen molar-refractivity contribution in [2.24, 2.45) is 0 Å². The van der Waals surface area contributed by atoms with Gasteiger partial charge < -0.3 is 9.84 Å². The number of nitrogens with zero attached hydrogens (tertiary/aromatic N) is 1. The summed E-state index contributed by atoms with van der Waals surface area (Å²) in [5.41, 5.74) is 0.958. The Morgan fingerprint density at radius 3 is 2.71 bits per heavy atom. The Kier molecular flexibility index (Phi) is 4.54. The molecule has 0 aliphatic rings. The number of carboxylic acids is 1. The van der Waals surface area contributed by atoms with Crippen molar-refractivity contribution in [2.45, 2.75) is 32.8 Å². The third-order valence-electron chi connectivity index (χ3n) is 2.86. The van der Waals surface area contributed by atoms with Crippen LogP contribution in [-0.4, -0.2) is 16.1 Å². The summed E-state index contributed by atoms with van der Waals surface area (Å²) in [4.78, 5) is 15.7. The summed E-state index contributed by atoms with van der Waals surface area (Å²) in [6.07, 6.45) is 0. The van der Waals surface area contributed by atoms with Crippen molar-refractivity contribution in [1.82, 2.24) is 4.98 Å². The standard InChI is InChI=1S/C15H16ClNO3S/c1-15(2,3)11-8-21-12(17-11)7-20-10-6-4-5-9(16)13(10)14(18)19/h4-6,8H,7H2,1-3H3,(H,18,19). The van der Waals surface area contributed by atoms with E-state index in [2.05, 4.69) is 25.8 Å². The number of hydrogen-bond donors (Lipinski definition) is 1. The number of hydrogen-bond acceptors (Lipinski definition) is 4. The Morgan fingerprint density at radius 1 is 1.43 bits per heavy atom. The summed E-state index contributed by atoms with van der Waals surface area (Å²) >= 11 is 7.39. The number of halogens is 1. The monoisotopic (exact) mass is 325 g/mol. The normalized spacial score (nSPS) is 11.4. The van der Waals surface area contributed by atoms with Gasteiger partial charge in [-0.25, -0.2) is 9.78 Å². The lowest BCUT2D eigenvalue weighted by molar-refractivity contribution is 0.0692. The van der Waals surface area contributed by atoms with Gasteiger partial charge in [-0.3, -0.25) is 0 Å². The number of carbonyl (C=O) groups is 1. The van der Waals surface area contributed by atoms with E-state index in [9.17, 15) is 9.90 Å². The Balaban J connectivity index is 2.16. The predicted molar refractivity (Wildman–Crippen MR) is 83.6 cm³/mol. The molecule has 1 aromatic carbocycles. The summed E-state index contributed by atoms with van der Waals surface area (Å²) < 4.78 is 5.57. The SMILES string of the molecule is CC(C)(C)c1csc(COc2cccc(Cl)c2C(=O)O)n1. The van der Waals surface area contributed by atoms with E-state index >= 15 is 0 Å². The van der Waals surface area contributed by atoms with E-state index < -0.39 is 5.97 Å². The van der Waals surface area contributed by atoms with Crippen molar-refractivity contribution in [3.63, 3.8) is 0 Å². The number of benzene rings is 1. The minimum absolute atomic E-state index is 0.0168. The molecular formula is C15H16ClNO3S. The largest absolute Gasteiger partial charge is 0.485 e. The van der Waals surface area contributed by atoms with Crippen LogP contribution in [0.1, 0.15) is 41.8 Å². The highest BCUT2D eigenvalue weighted by molar-refractivity contribution is 7.09. The molecule has 0 spiro atoms. The van der Waals surface area contributed by atoms with Crippen LogP contribution in [0.15, 0.2) is 23.6 Å². The van der Waals surface area contributed by atoms with E-state index in [1.165, 1.54) is 17.4 Å². The molecule has 0 atom stereocenters. The molecule has 0 unspecified atom stereocenters. The zero-order chi connectivity index (χ0) is 15.6. The average Bonchev–Trinajstić information content (AvgIpc) is 2.84. The van der Waals surface area contributed by atoms with E-state index in [4.69, 9.17) is 16.3 Å². The number of thiazole rings is 1. The Labute approximate surface area is 132 Å². The van der Waals surface area contributed by atoms with Gasteiger partial charge in [0.05, 0.1) is 10.7 Å². The van der Waals surface area contributed by atoms with Crippen molar-refractivity contribution < 1.29 is 14.6 Å². The second kappa shape index (κ2) is 6.03. The maximum Gasteiger partial charge on any atom is 0.341 e. The molecule has 4 nitrogen and oxygen atoms in total. The summed E-state index contributed by atoms with van der Waals surface area (Å²) in [7, 11) is 0. The second-order valence-corrected chi connectivity index (χ2v) is 6.93. The first-order chi connectivity index (χ1) is 9.79. The second-order valence-electron chi connectivity index (χ2n) is 5.58. The van der Waals surface area contributed by atoms with E-state index in [0.717, 1.165) is 10.7 Å². The van der Waals surface area contributed by atoms with Gasteiger partial charge in [-0.05, 0) is 12.1 Å². The first kappa shape index (κ1) is 15.8. The molecule has 0 fully saturated rings. The molecule has 6 heteroatoms. The number of aromatic carboxylic acids is 1. The minimum atomic E-state index is -1.11. The number of rotatable bonds is 4. The van der Waals surface area contributed by atoms with Crippen molar-refractivity contribution >= 4 is 28.9 Å². The topological polar surface area (TPSA) is 59.4 Å². The summed E-state index contributed by atoms with van der Waals surface area (Å²) in [6.45, 7) is 6.49. The van der Waals surface area contributed by atoms with Crippen LogP contribution >= 0.6 is 22.9 Å². The van der Waals surface area contributed by atoms with Gasteiger partial charge in [0.25, 0.3) is 0 Å². The van der Waals surface area contributed by atoms with Crippen LogP contribution in [-0.2, 0) is 12.0 Å². The van der Waals surface area contributed by atoms with Crippen molar-refractivity contribution in [1.29, 1.82) is 0 Å². The molecule has 0 amide bonds. The van der Waals surface area contributed by atoms with Gasteiger partial charge in [0.1, 0.15) is 22.9 Å². The van der Waals surface area contributed by atoms with Crippen LogP contribution in [0.2, 0.25) is 5.02 Å². The number of carboxylic acid groups (broad SMARTS) is 1. The average molecular weight is 326 g/mol. The lowest BCUT2D eigenvalue weighted by atomic mass is 9.93. The molecule has 0 aliphatic carbocycles. The Hall–Kier alpha value is -1.59. The van der Waals surface area contributed by atoms with Crippen LogP contribution in [0, 0.1) is 0 Å². The lowest BCUT2D eigenvalue weighted by Crippen LogP contribution is -2.11. The third kappa shape index (κ3) is 3.74. The Bertz CT molecular complexity index is 661. The highest BCUT2D eigenvalue weighted by Crippen LogP contribution is 2.28. The Morgan fingerprint density at radius 2 is 2.14 bits per heavy atom. The molecule has 2 rings (SSSR count). The van der Waals surface area contributed by atoms with Gasteiger partial charge in [-0.2, -0.15) is 0 Å². The van der Waals surface area contributed by atoms with Crippen LogP contribution in [0.3, 0.4) is 0 Å². The highest BCUT2D eigenvalue weighted by Gasteiger charge is 2.19. The molecule has 0 bridgehead atoms. The fourth-order valence-corrected chi connectivity index (χ4v) is 2.87. The van der Waals surface area contributed by atoms with Crippen molar-refractivity contribution in [3.05, 3.63) is 44.9 Å². The summed E-state index contributed by atoms with van der Waals surface area (Å²) in [5.74, 6) is -0.854. The van der Waals surface area contributed by atoms with Gasteiger partial charge in [0, 0.05) is 10.8 Å². The first-order valence-electron chi connectivity index (χ1n) is 6.38. The third-order valence-corrected chi connectivity index (χ3v) is 4.00. The van der Waals surface area contributed by atoms with E-state index in [-0.39, 0.29) is 28.4 Å². The molecule has 112 valence electrons. The van der Waals surface area contributed by atoms with Gasteiger partial charge >= 0.3 is 5.97 Å². The highest BCUT2D eigenvalue weighted by atomic mass is 35.5. The quantitative estimate of drug-likeness (QED) is 0.906. The molecule has 0 radical (unpaired) electrons. The molecular weight excluding hydrogens is 310 g/mol. The molecule has 1 heterocycles. The summed E-state index contributed by atoms with van der Waals surface area (Å²) in [5, 5.41) is 12.1. The van der Waals surface area contributed by atoms with E-state index in [1.807, 2.05) is 5.38 Å². The zero-order valence-electron chi connectivity index (χ0n) is 12.0. The molecule has 2 aromatic rings. The first-order valence-corrected chi connectivity index (χ1v) is 7.64. The fraction of sp³-hybridized carbons (Fsp3) is 0.333. The maximum atomic E-state index is 11.2. The van der Waals surface area contributed by atoms with Crippen molar-refractivity contribution in [2.75, 3.05) is 0 Å². The van der Waals surface area contributed by atoms with Crippen LogP contribution < -0.4 is 4.74 Å². The molecule has 1 N–H and O–H groups in total. The van der Waals surface area contributed by atoms with Crippen LogP contribution in [0.25, 0.3) is 0 Å². The lowest BCUT2D eigenvalue weighted by Gasteiger charge is -2.14. The van der Waals surface area contributed by atoms with Crippen LogP contribution in [0.4, 0.5) is 0 Å². The summed E-state index contributed by atoms with van der Waals surface area (Å²) in [6, 6.07) is 4.78. The minimum Gasteiger partial charge on any atom is -0.485 e. The van der Waals surface area contributed by atoms with Gasteiger partial charge in [0.2, 0.25) is 0 Å². The van der Waals surface area contributed by atoms with Crippen molar-refractivity contribution in [3.8, 4) is 5.75 Å². The predicted octanol–water partition coefficient (Wildman–Crippen LogP) is 4.37. The molecule has 0 saturated heterocycles. The van der Waals surface area contributed by atoms with E-state index in [0.29, 0.717) is 0 Å². The molecule has 21 heavy (non-hydrogen) atoms. The smallest absolute Gasteiger partial charge is 0.341 e. The zero-order valence-corrected chi connectivity index (χ0v) is 13.6. The number of ether oxygens (including phenoxy) is 1. The maximum absolute atomic E-state index is 11.2. The van der Waals surface area contributed by atoms with Gasteiger partial charge in [-0.1, -0.05) is 38.4 Å². The van der Waals surface area contributed by atoms with Crippen LogP contribution in [0.5, 0.6) is 5.75 Å². The number of aromatic nitrogens is 1. The van der Waals surface area contributed by atoms with Gasteiger partial charge in [-0.15, -0.1) is 11.3 Å². The molecule has 0 aliphatic heterocycles. The van der Waals surface area contributed by atoms with Gasteiger partial charge in [0.15, 0.2) is 0 Å².